The number of ether oxygens (including phenoxy) is 1. The molecule has 6 N–H and O–H groups in total. The monoisotopic (exact) mass is 1010 g/mol. The van der Waals surface area contributed by atoms with Gasteiger partial charge >= 0.3 is 18.4 Å². The number of rotatable bonds is 17. The second-order valence-corrected chi connectivity index (χ2v) is 18.8. The number of para-hydroxylation sites is 2. The Balaban J connectivity index is 0.000000274. The summed E-state index contributed by atoms with van der Waals surface area (Å²) in [4.78, 5) is 44.6. The molecule has 388 valence electrons. The fraction of sp³-hybridized carbons (Fsp3) is 0.444. The molecular weight excluding hydrogens is 943 g/mol. The highest BCUT2D eigenvalue weighted by molar-refractivity contribution is 5.88. The summed E-state index contributed by atoms with van der Waals surface area (Å²) in [5.41, 5.74) is 0.125. The number of urea groups is 1. The van der Waals surface area contributed by atoms with E-state index in [9.17, 15) is 50.9 Å². The van der Waals surface area contributed by atoms with Gasteiger partial charge in [0.1, 0.15) is 17.5 Å². The first-order chi connectivity index (χ1) is 34.2. The largest absolute Gasteiger partial charge is 0.483 e. The number of amides is 4. The van der Waals surface area contributed by atoms with Crippen molar-refractivity contribution in [1.82, 2.24) is 31.2 Å². The first kappa shape index (κ1) is 55.1. The van der Waals surface area contributed by atoms with Crippen molar-refractivity contribution >= 4 is 28.7 Å². The number of aliphatic hydroxyl groups excluding tert-OH is 2. The zero-order chi connectivity index (χ0) is 52.2. The lowest BCUT2D eigenvalue weighted by Crippen LogP contribution is -2.59. The summed E-state index contributed by atoms with van der Waals surface area (Å²) >= 11 is 0. The number of halogens is 6. The van der Waals surface area contributed by atoms with Crippen LogP contribution in [0, 0.1) is 19.8 Å². The van der Waals surface area contributed by atoms with E-state index in [2.05, 4.69) is 26.3 Å². The highest BCUT2D eigenvalue weighted by Gasteiger charge is 2.39. The lowest BCUT2D eigenvalue weighted by atomic mass is 9.91. The minimum absolute atomic E-state index is 0.117. The first-order valence-corrected chi connectivity index (χ1v) is 24.3. The molecule has 18 heteroatoms. The molecule has 2 fully saturated rings. The van der Waals surface area contributed by atoms with Gasteiger partial charge in [0.25, 0.3) is 5.91 Å². The van der Waals surface area contributed by atoms with Crippen molar-refractivity contribution in [3.8, 4) is 5.75 Å². The summed E-state index contributed by atoms with van der Waals surface area (Å²) < 4.78 is 85.2. The predicted molar refractivity (Wildman–Crippen MR) is 262 cm³/mol. The zero-order valence-electron chi connectivity index (χ0n) is 40.8. The van der Waals surface area contributed by atoms with Crippen molar-refractivity contribution in [3.63, 3.8) is 0 Å². The number of aromatic nitrogens is 1. The summed E-state index contributed by atoms with van der Waals surface area (Å²) in [6.45, 7) is 9.22. The van der Waals surface area contributed by atoms with Gasteiger partial charge in [0.2, 0.25) is 5.91 Å². The maximum atomic E-state index is 13.8. The molecule has 2 saturated heterocycles. The molecule has 0 bridgehead atoms. The minimum Gasteiger partial charge on any atom is -0.483 e. The Morgan fingerprint density at radius 2 is 1.44 bits per heavy atom. The second kappa shape index (κ2) is 24.9. The molecule has 2 aliphatic heterocycles. The quantitative estimate of drug-likeness (QED) is 0.0504. The van der Waals surface area contributed by atoms with Gasteiger partial charge in [0.05, 0.1) is 29.3 Å². The fourth-order valence-corrected chi connectivity index (χ4v) is 9.37. The number of fused-ring (bicyclic) bond motifs is 1. The van der Waals surface area contributed by atoms with Gasteiger partial charge in [-0.1, -0.05) is 111 Å². The van der Waals surface area contributed by atoms with E-state index in [4.69, 9.17) is 4.74 Å². The lowest BCUT2D eigenvalue weighted by Gasteiger charge is -2.37. The highest BCUT2D eigenvalue weighted by Crippen LogP contribution is 2.40. The van der Waals surface area contributed by atoms with Gasteiger partial charge in [0, 0.05) is 30.6 Å². The Morgan fingerprint density at radius 3 is 2.03 bits per heavy atom. The summed E-state index contributed by atoms with van der Waals surface area (Å²) in [5.74, 6) is -0.0493. The highest BCUT2D eigenvalue weighted by atomic mass is 19.4. The Morgan fingerprint density at radius 1 is 0.806 bits per heavy atom. The third-order valence-electron chi connectivity index (χ3n) is 12.9. The van der Waals surface area contributed by atoms with Crippen molar-refractivity contribution in [2.24, 2.45) is 5.92 Å². The minimum atomic E-state index is -4.93. The molecule has 0 spiro atoms. The van der Waals surface area contributed by atoms with Gasteiger partial charge < -0.3 is 41.1 Å². The normalized spacial score (nSPS) is 17.4. The van der Waals surface area contributed by atoms with Crippen LogP contribution < -0.4 is 26.0 Å². The van der Waals surface area contributed by atoms with Crippen LogP contribution in [0.15, 0.2) is 103 Å². The van der Waals surface area contributed by atoms with E-state index in [0.29, 0.717) is 56.8 Å². The molecule has 1 aromatic heterocycles. The molecule has 4 amide bonds. The Kier molecular flexibility index (Phi) is 19.1. The molecule has 0 radical (unpaired) electrons. The number of piperidine rings is 1. The number of aliphatic hydroxyl groups is 2. The average molecular weight is 1010 g/mol. The maximum Gasteiger partial charge on any atom is 0.433 e. The van der Waals surface area contributed by atoms with Gasteiger partial charge in [0.15, 0.2) is 6.61 Å². The number of alkyl halides is 6. The van der Waals surface area contributed by atoms with Crippen LogP contribution in [0.5, 0.6) is 5.75 Å². The molecule has 4 aromatic carbocycles. The van der Waals surface area contributed by atoms with E-state index < -0.39 is 65.5 Å². The smallest absolute Gasteiger partial charge is 0.433 e. The van der Waals surface area contributed by atoms with Crippen molar-refractivity contribution in [1.29, 1.82) is 0 Å². The molecule has 2 aliphatic rings. The van der Waals surface area contributed by atoms with E-state index in [1.54, 1.807) is 4.90 Å². The van der Waals surface area contributed by atoms with E-state index in [1.165, 1.54) is 6.07 Å². The number of hydrogen-bond acceptors (Lipinski definition) is 8. The number of pyridine rings is 1. The fourth-order valence-electron chi connectivity index (χ4n) is 9.37. The van der Waals surface area contributed by atoms with Gasteiger partial charge in [-0.25, -0.2) is 9.78 Å². The number of aryl methyl sites for hydroxylation is 2. The van der Waals surface area contributed by atoms with E-state index in [1.807, 2.05) is 107 Å². The summed E-state index contributed by atoms with van der Waals surface area (Å²) in [5, 5.41) is 34.2. The van der Waals surface area contributed by atoms with Gasteiger partial charge in [-0.15, -0.1) is 0 Å². The van der Waals surface area contributed by atoms with Crippen molar-refractivity contribution in [3.05, 3.63) is 142 Å². The topological polar surface area (TPSA) is 165 Å². The number of nitrogens with zero attached hydrogens (tertiary/aromatic N) is 2. The third kappa shape index (κ3) is 14.9. The SMILES string of the molecule is Cc1cccc(C)c1OCC(=O)N[C@@H](Cc1ccccc1)[C@@H](O)C[C@H](Cc1ccccc1)NC(=O)[C@H](C(C)C)N1CCCNC1=O.O[C@H](c1cc(C(F)(F)F)nc2c(C(F)(F)F)cccc12)[C@@H]1CCCCN1. The Bertz CT molecular complexity index is 2560. The first-order valence-electron chi connectivity index (χ1n) is 24.3. The van der Waals surface area contributed by atoms with E-state index >= 15 is 0 Å². The van der Waals surface area contributed by atoms with Crippen molar-refractivity contribution < 1.29 is 55.7 Å². The number of benzene rings is 4. The Hall–Kier alpha value is -6.24. The standard InChI is InChI=1S/C37H48N4O5.C17H16F6N2O/c1-25(2)34(41-20-12-19-38-37(41)45)36(44)39-30(21-28-15-7-5-8-16-28)23-32(42)31(22-29-17-9-6-10-18-29)40-33(43)24-46-35-26(3)13-11-14-27(35)4;18-16(19,20)11-5-3-4-9-10(15(26)12-6-1-2-7-24-12)8-13(17(21,22)23)25-14(9)11/h5-11,13-18,25,30-32,34,42H,12,19-24H2,1-4H3,(H,38,45)(H,39,44)(H,40,43);3-5,8,12,15,24,26H,1-2,6-7H2/t30-,31-,32-,34-;12-,15+/m00/s1. The number of carbonyl (C=O) groups is 3. The molecule has 5 aromatic rings. The molecule has 0 aliphatic carbocycles. The number of carbonyl (C=O) groups excluding carboxylic acids is 3. The van der Waals surface area contributed by atoms with E-state index in [-0.39, 0.29) is 47.7 Å². The number of nitrogens with one attached hydrogen (secondary N) is 4. The van der Waals surface area contributed by atoms with Crippen molar-refractivity contribution in [2.75, 3.05) is 26.2 Å². The molecule has 12 nitrogen and oxygen atoms in total. The van der Waals surface area contributed by atoms with Gasteiger partial charge in [-0.05, 0) is 105 Å². The lowest BCUT2D eigenvalue weighted by molar-refractivity contribution is -0.142. The van der Waals surface area contributed by atoms with Crippen LogP contribution in [0.25, 0.3) is 10.9 Å². The van der Waals surface area contributed by atoms with Crippen LogP contribution in [0.2, 0.25) is 0 Å². The molecule has 72 heavy (non-hydrogen) atoms. The average Bonchev–Trinajstić information content (AvgIpc) is 3.34. The number of hydrogen-bond donors (Lipinski definition) is 6. The third-order valence-corrected chi connectivity index (χ3v) is 12.9. The van der Waals surface area contributed by atoms with Crippen LogP contribution in [0.3, 0.4) is 0 Å². The summed E-state index contributed by atoms with van der Waals surface area (Å²) in [6, 6.07) is 26.4. The second-order valence-electron chi connectivity index (χ2n) is 18.8. The molecule has 3 heterocycles. The van der Waals surface area contributed by atoms with E-state index in [0.717, 1.165) is 47.6 Å². The van der Waals surface area contributed by atoms with Crippen molar-refractivity contribution in [2.45, 2.75) is 121 Å². The molecular formula is C54H64F6N6O6. The summed E-state index contributed by atoms with van der Waals surface area (Å²) in [7, 11) is 0. The molecule has 0 saturated carbocycles. The molecule has 6 atom stereocenters. The van der Waals surface area contributed by atoms with Crippen LogP contribution in [-0.2, 0) is 34.8 Å². The molecule has 7 rings (SSSR count). The maximum absolute atomic E-state index is 13.8. The zero-order valence-corrected chi connectivity index (χ0v) is 40.8. The van der Waals surface area contributed by atoms with Crippen LogP contribution in [0.1, 0.15) is 91.1 Å². The predicted octanol–water partition coefficient (Wildman–Crippen LogP) is 8.78. The Labute approximate surface area is 415 Å². The van der Waals surface area contributed by atoms with Gasteiger partial charge in [-0.3, -0.25) is 9.59 Å². The van der Waals surface area contributed by atoms with Crippen LogP contribution >= 0.6 is 0 Å². The van der Waals surface area contributed by atoms with Crippen LogP contribution in [-0.4, -0.2) is 94.5 Å². The van der Waals surface area contributed by atoms with Crippen LogP contribution in [0.4, 0.5) is 31.1 Å². The summed E-state index contributed by atoms with van der Waals surface area (Å²) in [6.07, 6.45) is -8.16. The van der Waals surface area contributed by atoms with Gasteiger partial charge in [-0.2, -0.15) is 26.3 Å². The molecule has 0 unspecified atom stereocenters.